The number of carbonyl (C=O) groups is 2. The second-order valence-corrected chi connectivity index (χ2v) is 7.23. The maximum atomic E-state index is 12.1. The Bertz CT molecular complexity index is 463. The van der Waals surface area contributed by atoms with Crippen LogP contribution in [0.15, 0.2) is 11.6 Å². The fraction of sp³-hybridized carbons (Fsp3) is 0.476. The Hall–Kier alpha value is -0.814. The third-order valence-electron chi connectivity index (χ3n) is 4.06. The minimum atomic E-state index is -1.23. The molecule has 4 nitrogen and oxygen atoms in total. The summed E-state index contributed by atoms with van der Waals surface area (Å²) in [6, 6.07) is 0. The Kier molecular flexibility index (Phi) is 10.8. The number of methoxy groups -OCH3 is 2. The molecule has 0 heterocycles. The van der Waals surface area contributed by atoms with Crippen molar-refractivity contribution in [3.8, 4) is 0 Å². The fourth-order valence-electron chi connectivity index (χ4n) is 2.98. The van der Waals surface area contributed by atoms with Crippen LogP contribution in [0.4, 0.5) is 0 Å². The third-order valence-corrected chi connectivity index (χ3v) is 4.06. The van der Waals surface area contributed by atoms with Gasteiger partial charge in [0.2, 0.25) is 0 Å². The first-order chi connectivity index (χ1) is 11.7. The number of esters is 2. The molecule has 146 valence electrons. The van der Waals surface area contributed by atoms with Gasteiger partial charge in [0, 0.05) is 22.7 Å². The molecule has 0 saturated heterocycles. The van der Waals surface area contributed by atoms with Crippen molar-refractivity contribution in [3.05, 3.63) is 56.1 Å². The molecule has 5 heteroatoms. The Balaban J connectivity index is 0.000000893. The van der Waals surface area contributed by atoms with Gasteiger partial charge in [-0.05, 0) is 63.7 Å². The first-order valence-electron chi connectivity index (χ1n) is 8.41. The summed E-state index contributed by atoms with van der Waals surface area (Å²) in [5.74, 6) is -0.0298. The molecule has 0 spiro atoms. The Morgan fingerprint density at radius 1 is 0.962 bits per heavy atom. The van der Waals surface area contributed by atoms with Gasteiger partial charge in [0.1, 0.15) is 0 Å². The molecule has 2 aliphatic rings. The summed E-state index contributed by atoms with van der Waals surface area (Å²) >= 11 is 0. The summed E-state index contributed by atoms with van der Waals surface area (Å²) in [5.41, 5.74) is -0.246. The molecule has 26 heavy (non-hydrogen) atoms. The molecule has 2 saturated carbocycles. The summed E-state index contributed by atoms with van der Waals surface area (Å²) in [5, 5.41) is 0. The zero-order valence-corrected chi connectivity index (χ0v) is 17.5. The molecule has 0 amide bonds. The number of hydrogen-bond donors (Lipinski definition) is 0. The fourth-order valence-corrected chi connectivity index (χ4v) is 2.98. The summed E-state index contributed by atoms with van der Waals surface area (Å²) in [6.07, 6.45) is 14.7. The number of rotatable bonds is 3. The quantitative estimate of drug-likeness (QED) is 0.529. The van der Waals surface area contributed by atoms with Crippen molar-refractivity contribution >= 4 is 11.9 Å². The molecule has 0 aliphatic heterocycles. The van der Waals surface area contributed by atoms with Crippen LogP contribution in [-0.2, 0) is 35.8 Å². The molecule has 0 aromatic rings. The van der Waals surface area contributed by atoms with Crippen molar-refractivity contribution in [2.45, 2.75) is 40.5 Å². The number of ether oxygens (including phenoxy) is 2. The maximum absolute atomic E-state index is 12.1. The average molecular weight is 404 g/mol. The van der Waals surface area contributed by atoms with E-state index in [2.05, 4.69) is 27.2 Å². The van der Waals surface area contributed by atoms with Gasteiger partial charge in [-0.15, -0.1) is 0 Å². The van der Waals surface area contributed by atoms with E-state index in [0.717, 1.165) is 11.5 Å². The van der Waals surface area contributed by atoms with E-state index < -0.39 is 17.4 Å². The van der Waals surface area contributed by atoms with E-state index in [0.29, 0.717) is 12.8 Å². The van der Waals surface area contributed by atoms with Crippen LogP contribution in [0.2, 0.25) is 0 Å². The van der Waals surface area contributed by atoms with Crippen molar-refractivity contribution in [3.63, 3.8) is 0 Å². The molecule has 2 aliphatic carbocycles. The van der Waals surface area contributed by atoms with Gasteiger partial charge >= 0.3 is 11.9 Å². The van der Waals surface area contributed by atoms with Gasteiger partial charge in [-0.3, -0.25) is 9.59 Å². The van der Waals surface area contributed by atoms with E-state index in [1.807, 2.05) is 45.1 Å². The maximum Gasteiger partial charge on any atom is 0.323 e. The second kappa shape index (κ2) is 11.1. The van der Waals surface area contributed by atoms with E-state index in [9.17, 15) is 9.59 Å². The third kappa shape index (κ3) is 6.73. The van der Waals surface area contributed by atoms with Crippen LogP contribution >= 0.6 is 0 Å². The summed E-state index contributed by atoms with van der Waals surface area (Å²) in [6.45, 7) is 8.17. The van der Waals surface area contributed by atoms with Crippen molar-refractivity contribution in [2.24, 2.45) is 10.8 Å². The topological polar surface area (TPSA) is 52.6 Å². The molecular formula is C21H29CoO4. The van der Waals surface area contributed by atoms with E-state index >= 15 is 0 Å². The van der Waals surface area contributed by atoms with Gasteiger partial charge in [0.05, 0.1) is 14.2 Å². The normalized spacial score (nSPS) is 20.8. The molecule has 8 radical (unpaired) electrons. The van der Waals surface area contributed by atoms with Crippen LogP contribution in [0.1, 0.15) is 40.5 Å². The summed E-state index contributed by atoms with van der Waals surface area (Å²) in [7, 11) is 2.60. The number of hydrogen-bond acceptors (Lipinski definition) is 4. The van der Waals surface area contributed by atoms with E-state index in [-0.39, 0.29) is 22.2 Å². The SMILES string of the molecule is C/C=C1\CC(C(=O)OC)(C(=O)OC)C[C]1[CH]C(C)(C)C.[CH]1[CH][CH][CH][CH]1.[Co]. The second-order valence-electron chi connectivity index (χ2n) is 7.23. The van der Waals surface area contributed by atoms with Crippen LogP contribution in [-0.4, -0.2) is 26.2 Å². The zero-order chi connectivity index (χ0) is 19.1. The van der Waals surface area contributed by atoms with Gasteiger partial charge in [-0.25, -0.2) is 0 Å². The first-order valence-corrected chi connectivity index (χ1v) is 8.41. The molecule has 0 unspecified atom stereocenters. The molecule has 0 atom stereocenters. The van der Waals surface area contributed by atoms with Gasteiger partial charge < -0.3 is 9.47 Å². The van der Waals surface area contributed by atoms with Crippen LogP contribution in [0, 0.1) is 55.3 Å². The summed E-state index contributed by atoms with van der Waals surface area (Å²) < 4.78 is 9.68. The average Bonchev–Trinajstić information content (AvgIpc) is 3.23. The van der Waals surface area contributed by atoms with Crippen molar-refractivity contribution < 1.29 is 35.8 Å². The van der Waals surface area contributed by atoms with Crippen molar-refractivity contribution in [1.29, 1.82) is 0 Å². The van der Waals surface area contributed by atoms with Crippen LogP contribution < -0.4 is 0 Å². The van der Waals surface area contributed by atoms with Crippen LogP contribution in [0.25, 0.3) is 0 Å². The Labute approximate surface area is 169 Å². The van der Waals surface area contributed by atoms with Crippen LogP contribution in [0.3, 0.4) is 0 Å². The van der Waals surface area contributed by atoms with Gasteiger partial charge in [0.25, 0.3) is 0 Å². The smallest absolute Gasteiger partial charge is 0.323 e. The summed E-state index contributed by atoms with van der Waals surface area (Å²) in [4.78, 5) is 24.3. The van der Waals surface area contributed by atoms with Crippen LogP contribution in [0.5, 0.6) is 0 Å². The Morgan fingerprint density at radius 2 is 1.38 bits per heavy atom. The van der Waals surface area contributed by atoms with E-state index in [4.69, 9.17) is 9.47 Å². The standard InChI is InChI=1S/C16H24O4.C5H5.Co/c1-7-11-9-16(13(17)19-5,14(18)20-6)10-12(11)8-15(2,3)4;1-2-4-5-3-1;/h7-8H,9-10H2,1-6H3;1-5H;/b11-7+;;. The van der Waals surface area contributed by atoms with Gasteiger partial charge in [-0.2, -0.15) is 0 Å². The number of carbonyl (C=O) groups excluding carboxylic acids is 2. The molecular weight excluding hydrogens is 375 g/mol. The predicted octanol–water partition coefficient (Wildman–Crippen LogP) is 3.90. The molecule has 0 aromatic heterocycles. The monoisotopic (exact) mass is 404 g/mol. The van der Waals surface area contributed by atoms with Crippen molar-refractivity contribution in [1.82, 2.24) is 0 Å². The Morgan fingerprint density at radius 3 is 1.69 bits per heavy atom. The van der Waals surface area contributed by atoms with E-state index in [1.165, 1.54) is 14.2 Å². The van der Waals surface area contributed by atoms with Crippen molar-refractivity contribution in [2.75, 3.05) is 14.2 Å². The molecule has 0 bridgehead atoms. The minimum Gasteiger partial charge on any atom is -0.468 e. The number of allylic oxidation sites excluding steroid dienone is 2. The molecule has 2 rings (SSSR count). The largest absolute Gasteiger partial charge is 0.468 e. The van der Waals surface area contributed by atoms with E-state index in [1.54, 1.807) is 0 Å². The molecule has 2 fully saturated rings. The molecule has 0 aromatic carbocycles. The van der Waals surface area contributed by atoms with Gasteiger partial charge in [-0.1, -0.05) is 32.4 Å². The minimum absolute atomic E-state index is 0. The zero-order valence-electron chi connectivity index (χ0n) is 16.4. The van der Waals surface area contributed by atoms with Gasteiger partial charge in [0.15, 0.2) is 5.41 Å². The molecule has 0 N–H and O–H groups in total. The first kappa shape index (κ1) is 25.2. The predicted molar refractivity (Wildman–Crippen MR) is 98.0 cm³/mol.